The zero-order valence-corrected chi connectivity index (χ0v) is 14.0. The van der Waals surface area contributed by atoms with Crippen molar-refractivity contribution in [1.29, 1.82) is 0 Å². The summed E-state index contributed by atoms with van der Waals surface area (Å²) in [6, 6.07) is 7.64. The van der Waals surface area contributed by atoms with Crippen molar-refractivity contribution in [1.82, 2.24) is 4.98 Å². The number of hydrogen-bond donors (Lipinski definition) is 1. The summed E-state index contributed by atoms with van der Waals surface area (Å²) in [4.78, 5) is 4.53. The molecule has 3 aromatic rings. The SMILES string of the molecule is Cc1cc(C)c2oc(-c3cc(Br)c(O)c(Br)c3)nc2c1. The topological polar surface area (TPSA) is 46.3 Å². The first-order valence-electron chi connectivity index (χ1n) is 6.02. The number of fused-ring (bicyclic) bond motifs is 1. The van der Waals surface area contributed by atoms with Crippen LogP contribution >= 0.6 is 31.9 Å². The van der Waals surface area contributed by atoms with E-state index in [-0.39, 0.29) is 5.75 Å². The summed E-state index contributed by atoms with van der Waals surface area (Å²) in [5.41, 5.74) is 4.66. The van der Waals surface area contributed by atoms with Gasteiger partial charge in [0, 0.05) is 5.56 Å². The van der Waals surface area contributed by atoms with Gasteiger partial charge in [-0.25, -0.2) is 4.98 Å². The number of nitrogens with zero attached hydrogens (tertiary/aromatic N) is 1. The van der Waals surface area contributed by atoms with E-state index in [1.165, 1.54) is 0 Å². The van der Waals surface area contributed by atoms with Gasteiger partial charge >= 0.3 is 0 Å². The Labute approximate surface area is 132 Å². The molecule has 0 bridgehead atoms. The van der Waals surface area contributed by atoms with Crippen LogP contribution in [0.1, 0.15) is 11.1 Å². The van der Waals surface area contributed by atoms with Gasteiger partial charge in [0.1, 0.15) is 11.3 Å². The number of benzene rings is 2. The van der Waals surface area contributed by atoms with Gasteiger partial charge < -0.3 is 9.52 Å². The van der Waals surface area contributed by atoms with E-state index in [1.807, 2.05) is 19.9 Å². The summed E-state index contributed by atoms with van der Waals surface area (Å²) in [7, 11) is 0. The van der Waals surface area contributed by atoms with Crippen molar-refractivity contribution in [3.63, 3.8) is 0 Å². The Morgan fingerprint density at radius 3 is 2.35 bits per heavy atom. The van der Waals surface area contributed by atoms with Gasteiger partial charge in [-0.15, -0.1) is 0 Å². The molecule has 0 unspecified atom stereocenters. The molecule has 5 heteroatoms. The highest BCUT2D eigenvalue weighted by atomic mass is 79.9. The summed E-state index contributed by atoms with van der Waals surface area (Å²) in [5.74, 6) is 0.701. The van der Waals surface area contributed by atoms with E-state index in [0.29, 0.717) is 14.8 Å². The second-order valence-corrected chi connectivity index (χ2v) is 6.45. The molecule has 2 aromatic carbocycles. The second-order valence-electron chi connectivity index (χ2n) is 4.74. The first-order chi connectivity index (χ1) is 9.45. The fourth-order valence-corrected chi connectivity index (χ4v) is 3.38. The van der Waals surface area contributed by atoms with Crippen LogP contribution < -0.4 is 0 Å². The Morgan fingerprint density at radius 2 is 1.70 bits per heavy atom. The zero-order chi connectivity index (χ0) is 14.4. The summed E-state index contributed by atoms with van der Waals surface area (Å²) < 4.78 is 7.04. The Kier molecular flexibility index (Phi) is 3.34. The maximum Gasteiger partial charge on any atom is 0.227 e. The number of aromatic nitrogens is 1. The van der Waals surface area contributed by atoms with Crippen molar-refractivity contribution in [2.45, 2.75) is 13.8 Å². The lowest BCUT2D eigenvalue weighted by atomic mass is 10.1. The molecule has 0 aliphatic heterocycles. The van der Waals surface area contributed by atoms with Crippen LogP contribution in [0.2, 0.25) is 0 Å². The predicted molar refractivity (Wildman–Crippen MR) is 86.0 cm³/mol. The number of aryl methyl sites for hydroxylation is 2. The molecule has 3 rings (SSSR count). The van der Waals surface area contributed by atoms with Crippen LogP contribution in [0.25, 0.3) is 22.6 Å². The zero-order valence-electron chi connectivity index (χ0n) is 10.9. The van der Waals surface area contributed by atoms with Gasteiger partial charge in [-0.1, -0.05) is 6.07 Å². The van der Waals surface area contributed by atoms with Crippen molar-refractivity contribution in [2.75, 3.05) is 0 Å². The number of aromatic hydroxyl groups is 1. The van der Waals surface area contributed by atoms with Crippen molar-refractivity contribution in [3.05, 3.63) is 44.3 Å². The molecule has 0 spiro atoms. The third-order valence-corrected chi connectivity index (χ3v) is 4.29. The summed E-state index contributed by atoms with van der Waals surface area (Å²) in [6.45, 7) is 4.04. The maximum atomic E-state index is 9.75. The number of phenolic OH excluding ortho intramolecular Hbond substituents is 1. The molecule has 1 N–H and O–H groups in total. The molecule has 0 amide bonds. The van der Waals surface area contributed by atoms with Crippen LogP contribution in [-0.2, 0) is 0 Å². The van der Waals surface area contributed by atoms with Gasteiger partial charge in [0.2, 0.25) is 5.89 Å². The van der Waals surface area contributed by atoms with E-state index < -0.39 is 0 Å². The van der Waals surface area contributed by atoms with E-state index in [4.69, 9.17) is 4.42 Å². The fraction of sp³-hybridized carbons (Fsp3) is 0.133. The van der Waals surface area contributed by atoms with E-state index in [2.05, 4.69) is 42.9 Å². The molecule has 0 aliphatic rings. The summed E-state index contributed by atoms with van der Waals surface area (Å²) in [5, 5.41) is 9.75. The van der Waals surface area contributed by atoms with Crippen LogP contribution in [0.3, 0.4) is 0 Å². The molecule has 0 fully saturated rings. The van der Waals surface area contributed by atoms with Crippen LogP contribution in [0.15, 0.2) is 37.6 Å². The highest BCUT2D eigenvalue weighted by Gasteiger charge is 2.14. The van der Waals surface area contributed by atoms with Gasteiger partial charge in [0.15, 0.2) is 5.58 Å². The Morgan fingerprint density at radius 1 is 1.05 bits per heavy atom. The third-order valence-electron chi connectivity index (χ3n) is 3.08. The standard InChI is InChI=1S/C15H11Br2NO2/c1-7-3-8(2)14-12(4-7)18-15(20-14)9-5-10(16)13(19)11(17)6-9/h3-6,19H,1-2H3. The minimum absolute atomic E-state index is 0.164. The van der Waals surface area contributed by atoms with Gasteiger partial charge in [-0.05, 0) is 75.0 Å². The lowest BCUT2D eigenvalue weighted by molar-refractivity contribution is 0.468. The molecule has 0 radical (unpaired) electrons. The molecule has 1 heterocycles. The number of oxazole rings is 1. The lowest BCUT2D eigenvalue weighted by Crippen LogP contribution is -1.80. The van der Waals surface area contributed by atoms with Crippen LogP contribution in [0.5, 0.6) is 5.75 Å². The largest absolute Gasteiger partial charge is 0.506 e. The molecule has 0 atom stereocenters. The van der Waals surface area contributed by atoms with Gasteiger partial charge in [0.05, 0.1) is 8.95 Å². The maximum absolute atomic E-state index is 9.75. The number of phenols is 1. The first-order valence-corrected chi connectivity index (χ1v) is 7.60. The third kappa shape index (κ3) is 2.25. The molecule has 20 heavy (non-hydrogen) atoms. The van der Waals surface area contributed by atoms with E-state index in [9.17, 15) is 5.11 Å². The van der Waals surface area contributed by atoms with Crippen LogP contribution in [-0.4, -0.2) is 10.1 Å². The van der Waals surface area contributed by atoms with Gasteiger partial charge in [-0.3, -0.25) is 0 Å². The average Bonchev–Trinajstić information content (AvgIpc) is 2.79. The number of rotatable bonds is 1. The smallest absolute Gasteiger partial charge is 0.227 e. The minimum Gasteiger partial charge on any atom is -0.506 e. The molecule has 0 aliphatic carbocycles. The lowest BCUT2D eigenvalue weighted by Gasteiger charge is -2.02. The molecular weight excluding hydrogens is 386 g/mol. The van der Waals surface area contributed by atoms with E-state index in [1.54, 1.807) is 12.1 Å². The second kappa shape index (κ2) is 4.90. The fourth-order valence-electron chi connectivity index (χ4n) is 2.19. The van der Waals surface area contributed by atoms with E-state index >= 15 is 0 Å². The first kappa shape index (κ1) is 13.6. The number of halogens is 2. The Bertz CT molecular complexity index is 801. The highest BCUT2D eigenvalue weighted by molar-refractivity contribution is 9.11. The molecule has 0 saturated heterocycles. The van der Waals surface area contributed by atoms with Crippen molar-refractivity contribution in [3.8, 4) is 17.2 Å². The van der Waals surface area contributed by atoms with Crippen LogP contribution in [0.4, 0.5) is 0 Å². The summed E-state index contributed by atoms with van der Waals surface area (Å²) in [6.07, 6.45) is 0. The molecule has 3 nitrogen and oxygen atoms in total. The van der Waals surface area contributed by atoms with Gasteiger partial charge in [0.25, 0.3) is 0 Å². The normalized spacial score (nSPS) is 11.2. The average molecular weight is 397 g/mol. The van der Waals surface area contributed by atoms with Crippen molar-refractivity contribution < 1.29 is 9.52 Å². The Balaban J connectivity index is 2.22. The molecule has 102 valence electrons. The van der Waals surface area contributed by atoms with E-state index in [0.717, 1.165) is 27.8 Å². The summed E-state index contributed by atoms with van der Waals surface area (Å²) >= 11 is 6.63. The molecule has 1 aromatic heterocycles. The quantitative estimate of drug-likeness (QED) is 0.603. The molecule has 0 saturated carbocycles. The van der Waals surface area contributed by atoms with Crippen LogP contribution in [0, 0.1) is 13.8 Å². The van der Waals surface area contributed by atoms with Crippen molar-refractivity contribution in [2.24, 2.45) is 0 Å². The van der Waals surface area contributed by atoms with Crippen molar-refractivity contribution >= 4 is 43.0 Å². The predicted octanol–water partition coefficient (Wildman–Crippen LogP) is 5.34. The highest BCUT2D eigenvalue weighted by Crippen LogP contribution is 2.37. The minimum atomic E-state index is 0.164. The number of hydrogen-bond acceptors (Lipinski definition) is 3. The monoisotopic (exact) mass is 395 g/mol. The Hall–Kier alpha value is -1.33. The van der Waals surface area contributed by atoms with Gasteiger partial charge in [-0.2, -0.15) is 0 Å². The molecular formula is C15H11Br2NO2.